The molecule has 3 N–H and O–H groups in total. The van der Waals surface area contributed by atoms with Crippen LogP contribution in [0.1, 0.15) is 36.1 Å². The molecular weight excluding hydrogens is 294 g/mol. The SMILES string of the molecule is C/C(=N/O)c1ccc2c(c1)C(=NO)c1cc(/C(C)=N\O)ccc1-2. The molecule has 0 unspecified atom stereocenters. The maximum absolute atomic E-state index is 9.46. The van der Waals surface area contributed by atoms with Gasteiger partial charge in [0.1, 0.15) is 5.71 Å². The van der Waals surface area contributed by atoms with Crippen LogP contribution in [0.25, 0.3) is 11.1 Å². The van der Waals surface area contributed by atoms with E-state index < -0.39 is 0 Å². The average Bonchev–Trinajstić information content (AvgIpc) is 2.92. The zero-order valence-electron chi connectivity index (χ0n) is 12.6. The molecule has 0 aromatic heterocycles. The lowest BCUT2D eigenvalue weighted by Gasteiger charge is -2.04. The molecule has 6 nitrogen and oxygen atoms in total. The van der Waals surface area contributed by atoms with E-state index >= 15 is 0 Å². The maximum atomic E-state index is 9.46. The van der Waals surface area contributed by atoms with E-state index in [1.54, 1.807) is 13.8 Å². The first kappa shape index (κ1) is 14.8. The Balaban J connectivity index is 2.21. The normalized spacial score (nSPS) is 13.7. The molecule has 0 fully saturated rings. The van der Waals surface area contributed by atoms with Gasteiger partial charge in [-0.1, -0.05) is 39.7 Å². The molecule has 0 aliphatic heterocycles. The topological polar surface area (TPSA) is 97.8 Å². The highest BCUT2D eigenvalue weighted by molar-refractivity contribution is 6.25. The van der Waals surface area contributed by atoms with Gasteiger partial charge in [-0.2, -0.15) is 0 Å². The summed E-state index contributed by atoms with van der Waals surface area (Å²) in [5.74, 6) is 0. The molecule has 6 heteroatoms. The lowest BCUT2D eigenvalue weighted by Crippen LogP contribution is -2.03. The summed E-state index contributed by atoms with van der Waals surface area (Å²) in [7, 11) is 0. The van der Waals surface area contributed by atoms with Crippen LogP contribution in [-0.4, -0.2) is 32.8 Å². The molecule has 0 atom stereocenters. The zero-order chi connectivity index (χ0) is 16.6. The lowest BCUT2D eigenvalue weighted by molar-refractivity contribution is 0.319. The van der Waals surface area contributed by atoms with E-state index in [4.69, 9.17) is 10.4 Å². The molecule has 1 aliphatic carbocycles. The van der Waals surface area contributed by atoms with Gasteiger partial charge in [0.05, 0.1) is 11.4 Å². The van der Waals surface area contributed by atoms with Gasteiger partial charge in [-0.3, -0.25) is 0 Å². The van der Waals surface area contributed by atoms with Gasteiger partial charge in [-0.05, 0) is 48.2 Å². The second kappa shape index (κ2) is 5.57. The van der Waals surface area contributed by atoms with E-state index in [0.717, 1.165) is 33.4 Å². The van der Waals surface area contributed by atoms with Crippen molar-refractivity contribution in [2.24, 2.45) is 15.5 Å². The van der Waals surface area contributed by atoms with Crippen molar-refractivity contribution in [3.63, 3.8) is 0 Å². The van der Waals surface area contributed by atoms with Gasteiger partial charge in [0.2, 0.25) is 0 Å². The summed E-state index contributed by atoms with van der Waals surface area (Å²) in [5.41, 5.74) is 6.28. The second-order valence-electron chi connectivity index (χ2n) is 5.34. The number of hydrogen-bond acceptors (Lipinski definition) is 6. The highest BCUT2D eigenvalue weighted by Gasteiger charge is 2.26. The third-order valence-corrected chi connectivity index (χ3v) is 4.08. The zero-order valence-corrected chi connectivity index (χ0v) is 12.6. The van der Waals surface area contributed by atoms with Crippen LogP contribution in [0.3, 0.4) is 0 Å². The Labute approximate surface area is 132 Å². The average molecular weight is 309 g/mol. The van der Waals surface area contributed by atoms with Crippen molar-refractivity contribution in [2.75, 3.05) is 0 Å². The van der Waals surface area contributed by atoms with Crippen LogP contribution < -0.4 is 0 Å². The molecule has 0 amide bonds. The van der Waals surface area contributed by atoms with Gasteiger partial charge in [-0.15, -0.1) is 0 Å². The summed E-state index contributed by atoms with van der Waals surface area (Å²) < 4.78 is 0. The number of oxime groups is 3. The monoisotopic (exact) mass is 309 g/mol. The van der Waals surface area contributed by atoms with Crippen LogP contribution in [0.15, 0.2) is 51.9 Å². The molecule has 1 aliphatic rings. The molecule has 0 saturated carbocycles. The number of nitrogens with zero attached hydrogens (tertiary/aromatic N) is 3. The molecule has 2 aromatic rings. The fourth-order valence-corrected chi connectivity index (χ4v) is 2.77. The first-order chi connectivity index (χ1) is 11.1. The van der Waals surface area contributed by atoms with Crippen molar-refractivity contribution in [1.82, 2.24) is 0 Å². The Bertz CT molecular complexity index is 813. The molecule has 0 bridgehead atoms. The summed E-state index contributed by atoms with van der Waals surface area (Å²) in [4.78, 5) is 0. The molecule has 2 aromatic carbocycles. The largest absolute Gasteiger partial charge is 0.411 e. The molecule has 0 radical (unpaired) electrons. The van der Waals surface area contributed by atoms with Crippen LogP contribution in [-0.2, 0) is 0 Å². The fraction of sp³-hybridized carbons (Fsp3) is 0.118. The highest BCUT2D eigenvalue weighted by Crippen LogP contribution is 2.38. The molecule has 0 heterocycles. The van der Waals surface area contributed by atoms with Gasteiger partial charge < -0.3 is 15.6 Å². The van der Waals surface area contributed by atoms with Gasteiger partial charge in [0.15, 0.2) is 0 Å². The highest BCUT2D eigenvalue weighted by atomic mass is 16.4. The molecular formula is C17H15N3O3. The number of benzene rings is 2. The van der Waals surface area contributed by atoms with Crippen molar-refractivity contribution in [3.05, 3.63) is 58.7 Å². The summed E-state index contributed by atoms with van der Waals surface area (Å²) in [6, 6.07) is 11.2. The van der Waals surface area contributed by atoms with Crippen molar-refractivity contribution in [1.29, 1.82) is 0 Å². The van der Waals surface area contributed by atoms with Crippen LogP contribution in [0.4, 0.5) is 0 Å². The van der Waals surface area contributed by atoms with E-state index in [2.05, 4.69) is 15.5 Å². The quantitative estimate of drug-likeness (QED) is 0.385. The molecule has 116 valence electrons. The number of hydrogen-bond donors (Lipinski definition) is 3. The Morgan fingerprint density at radius 3 is 1.48 bits per heavy atom. The van der Waals surface area contributed by atoms with E-state index in [9.17, 15) is 5.21 Å². The van der Waals surface area contributed by atoms with Gasteiger partial charge >= 0.3 is 0 Å². The number of rotatable bonds is 2. The third kappa shape index (κ3) is 2.24. The van der Waals surface area contributed by atoms with Crippen LogP contribution in [0.2, 0.25) is 0 Å². The minimum Gasteiger partial charge on any atom is -0.411 e. The van der Waals surface area contributed by atoms with E-state index in [-0.39, 0.29) is 0 Å². The summed E-state index contributed by atoms with van der Waals surface area (Å²) >= 11 is 0. The smallest absolute Gasteiger partial charge is 0.118 e. The van der Waals surface area contributed by atoms with Crippen molar-refractivity contribution in [3.8, 4) is 11.1 Å². The molecule has 0 spiro atoms. The Hall–Kier alpha value is -3.15. The second-order valence-corrected chi connectivity index (χ2v) is 5.34. The Morgan fingerprint density at radius 1 is 0.696 bits per heavy atom. The number of fused-ring (bicyclic) bond motifs is 3. The Morgan fingerprint density at radius 2 is 1.13 bits per heavy atom. The first-order valence-corrected chi connectivity index (χ1v) is 7.00. The molecule has 23 heavy (non-hydrogen) atoms. The van der Waals surface area contributed by atoms with Gasteiger partial charge in [0.25, 0.3) is 0 Å². The lowest BCUT2D eigenvalue weighted by atomic mass is 10.0. The summed E-state index contributed by atoms with van der Waals surface area (Å²) in [6.45, 7) is 3.39. The van der Waals surface area contributed by atoms with Crippen molar-refractivity contribution in [2.45, 2.75) is 13.8 Å². The predicted molar refractivity (Wildman–Crippen MR) is 87.3 cm³/mol. The van der Waals surface area contributed by atoms with E-state index in [1.165, 1.54) is 0 Å². The minimum absolute atomic E-state index is 0.440. The molecule has 0 saturated heterocycles. The molecule has 3 rings (SSSR count). The van der Waals surface area contributed by atoms with Crippen LogP contribution >= 0.6 is 0 Å². The van der Waals surface area contributed by atoms with Crippen molar-refractivity contribution < 1.29 is 15.6 Å². The fourth-order valence-electron chi connectivity index (χ4n) is 2.77. The Kier molecular flexibility index (Phi) is 3.57. The first-order valence-electron chi connectivity index (χ1n) is 7.00. The predicted octanol–water partition coefficient (Wildman–Crippen LogP) is 3.29. The summed E-state index contributed by atoms with van der Waals surface area (Å²) in [6.07, 6.45) is 0. The standard InChI is InChI=1S/C17H15N3O3/c1-9(18-21)11-3-5-13-14-6-4-12(10(2)19-22)8-16(14)17(20-23)15(13)7-11/h3-8,21-23H,1-2H3/b18-9-,19-10-. The van der Waals surface area contributed by atoms with Crippen molar-refractivity contribution >= 4 is 17.1 Å². The van der Waals surface area contributed by atoms with E-state index in [1.807, 2.05) is 36.4 Å². The minimum atomic E-state index is 0.440. The maximum Gasteiger partial charge on any atom is 0.118 e. The van der Waals surface area contributed by atoms with Gasteiger partial charge in [-0.25, -0.2) is 0 Å². The van der Waals surface area contributed by atoms with Crippen LogP contribution in [0.5, 0.6) is 0 Å². The summed E-state index contributed by atoms with van der Waals surface area (Å²) in [5, 5.41) is 37.2. The van der Waals surface area contributed by atoms with Crippen LogP contribution in [0, 0.1) is 0 Å². The third-order valence-electron chi connectivity index (χ3n) is 4.08. The van der Waals surface area contributed by atoms with Gasteiger partial charge in [0, 0.05) is 11.1 Å². The van der Waals surface area contributed by atoms with E-state index in [0.29, 0.717) is 17.1 Å².